The van der Waals surface area contributed by atoms with Crippen LogP contribution in [0.4, 0.5) is 4.39 Å². The van der Waals surface area contributed by atoms with Crippen molar-refractivity contribution in [2.24, 2.45) is 5.92 Å². The second-order valence-corrected chi connectivity index (χ2v) is 9.55. The molecule has 6 heteroatoms. The van der Waals surface area contributed by atoms with Crippen molar-refractivity contribution in [1.29, 1.82) is 0 Å². The highest BCUT2D eigenvalue weighted by Crippen LogP contribution is 2.33. The zero-order valence-electron chi connectivity index (χ0n) is 18.8. The van der Waals surface area contributed by atoms with Gasteiger partial charge in [-0.05, 0) is 67.3 Å². The number of carbonyl (C=O) groups is 2. The van der Waals surface area contributed by atoms with Crippen molar-refractivity contribution in [3.8, 4) is 11.1 Å². The summed E-state index contributed by atoms with van der Waals surface area (Å²) in [6.45, 7) is 1.30. The normalized spacial score (nSPS) is 25.1. The van der Waals surface area contributed by atoms with Crippen molar-refractivity contribution >= 4 is 11.8 Å². The highest BCUT2D eigenvalue weighted by Gasteiger charge is 2.42. The van der Waals surface area contributed by atoms with Gasteiger partial charge in [0.15, 0.2) is 0 Å². The van der Waals surface area contributed by atoms with Crippen LogP contribution < -0.4 is 5.32 Å². The quantitative estimate of drug-likeness (QED) is 0.721. The fraction of sp³-hybridized carbons (Fsp3) is 0.481. The Balaban J connectivity index is 1.36. The summed E-state index contributed by atoms with van der Waals surface area (Å²) in [6.07, 6.45) is 5.73. The first-order chi connectivity index (χ1) is 16.1. The maximum absolute atomic E-state index is 13.7. The molecule has 1 aliphatic carbocycles. The molecule has 3 aliphatic rings. The summed E-state index contributed by atoms with van der Waals surface area (Å²) in [4.78, 5) is 28.0. The second-order valence-electron chi connectivity index (χ2n) is 9.55. The average Bonchev–Trinajstić information content (AvgIpc) is 3.44. The summed E-state index contributed by atoms with van der Waals surface area (Å²) in [6, 6.07) is 14.5. The molecule has 0 radical (unpaired) electrons. The van der Waals surface area contributed by atoms with Crippen LogP contribution in [0.3, 0.4) is 0 Å². The predicted octanol–water partition coefficient (Wildman–Crippen LogP) is 4.10. The van der Waals surface area contributed by atoms with Crippen molar-refractivity contribution in [3.63, 3.8) is 0 Å². The minimum atomic E-state index is -0.377. The molecular formula is C27H31FN2O3. The molecule has 0 bridgehead atoms. The maximum atomic E-state index is 13.7. The van der Waals surface area contributed by atoms with E-state index in [1.807, 2.05) is 29.2 Å². The van der Waals surface area contributed by atoms with Crippen LogP contribution in [0.15, 0.2) is 48.5 Å². The molecule has 33 heavy (non-hydrogen) atoms. The van der Waals surface area contributed by atoms with Crippen LogP contribution in [0.25, 0.3) is 11.1 Å². The van der Waals surface area contributed by atoms with E-state index in [1.165, 1.54) is 12.1 Å². The number of nitrogens with zero attached hydrogens (tertiary/aromatic N) is 1. The Morgan fingerprint density at radius 1 is 1.00 bits per heavy atom. The van der Waals surface area contributed by atoms with E-state index in [1.54, 1.807) is 6.07 Å². The lowest BCUT2D eigenvalue weighted by molar-refractivity contribution is -0.140. The zero-order chi connectivity index (χ0) is 22.8. The second kappa shape index (κ2) is 9.64. The molecule has 2 amide bonds. The molecule has 5 rings (SSSR count). The van der Waals surface area contributed by atoms with Gasteiger partial charge in [-0.15, -0.1) is 0 Å². The van der Waals surface area contributed by atoms with Gasteiger partial charge in [0.05, 0.1) is 12.1 Å². The van der Waals surface area contributed by atoms with Gasteiger partial charge < -0.3 is 15.0 Å². The van der Waals surface area contributed by atoms with Crippen LogP contribution in [0.1, 0.15) is 44.1 Å². The van der Waals surface area contributed by atoms with E-state index in [2.05, 4.69) is 11.4 Å². The monoisotopic (exact) mass is 450 g/mol. The average molecular weight is 451 g/mol. The van der Waals surface area contributed by atoms with E-state index in [0.29, 0.717) is 19.6 Å². The number of amides is 2. The minimum absolute atomic E-state index is 0.0612. The smallest absolute Gasteiger partial charge is 0.249 e. The van der Waals surface area contributed by atoms with Crippen LogP contribution in [-0.2, 0) is 20.7 Å². The van der Waals surface area contributed by atoms with Gasteiger partial charge in [-0.25, -0.2) is 4.39 Å². The summed E-state index contributed by atoms with van der Waals surface area (Å²) in [5.41, 5.74) is 2.85. The summed E-state index contributed by atoms with van der Waals surface area (Å²) in [7, 11) is 0. The summed E-state index contributed by atoms with van der Waals surface area (Å²) in [5, 5.41) is 3.20. The van der Waals surface area contributed by atoms with Crippen LogP contribution in [-0.4, -0.2) is 48.1 Å². The molecule has 3 atom stereocenters. The Morgan fingerprint density at radius 3 is 2.48 bits per heavy atom. The summed E-state index contributed by atoms with van der Waals surface area (Å²) >= 11 is 0. The van der Waals surface area contributed by atoms with E-state index in [9.17, 15) is 14.0 Å². The Hall–Kier alpha value is -2.73. The third-order valence-electron chi connectivity index (χ3n) is 7.36. The highest BCUT2D eigenvalue weighted by atomic mass is 19.1. The molecule has 3 fully saturated rings. The van der Waals surface area contributed by atoms with Crippen LogP contribution >= 0.6 is 0 Å². The van der Waals surface area contributed by atoms with Gasteiger partial charge in [-0.3, -0.25) is 9.59 Å². The Labute approximate surface area is 194 Å². The lowest BCUT2D eigenvalue weighted by Crippen LogP contribution is -2.51. The minimum Gasteiger partial charge on any atom is -0.368 e. The Morgan fingerprint density at radius 2 is 1.79 bits per heavy atom. The lowest BCUT2D eigenvalue weighted by atomic mass is 9.84. The van der Waals surface area contributed by atoms with Gasteiger partial charge >= 0.3 is 0 Å². The third kappa shape index (κ3) is 4.81. The van der Waals surface area contributed by atoms with Gasteiger partial charge in [0, 0.05) is 19.1 Å². The predicted molar refractivity (Wildman–Crippen MR) is 124 cm³/mol. The topological polar surface area (TPSA) is 58.6 Å². The van der Waals surface area contributed by atoms with Gasteiger partial charge in [-0.2, -0.15) is 0 Å². The summed E-state index contributed by atoms with van der Waals surface area (Å²) < 4.78 is 19.3. The van der Waals surface area contributed by atoms with E-state index >= 15 is 0 Å². The summed E-state index contributed by atoms with van der Waals surface area (Å²) in [5.74, 6) is 0.0250. The maximum Gasteiger partial charge on any atom is 0.249 e. The number of rotatable bonds is 6. The van der Waals surface area contributed by atoms with E-state index in [0.717, 1.165) is 55.2 Å². The third-order valence-corrected chi connectivity index (χ3v) is 7.36. The van der Waals surface area contributed by atoms with Gasteiger partial charge in [0.1, 0.15) is 11.9 Å². The first-order valence-corrected chi connectivity index (χ1v) is 12.2. The molecule has 2 saturated heterocycles. The van der Waals surface area contributed by atoms with Gasteiger partial charge in [0.2, 0.25) is 11.8 Å². The number of nitrogens with one attached hydrogen (secondary N) is 1. The first-order valence-electron chi connectivity index (χ1n) is 12.2. The molecule has 1 N–H and O–H groups in total. The number of carbonyl (C=O) groups excluding carboxylic acids is 2. The van der Waals surface area contributed by atoms with Crippen molar-refractivity contribution in [2.75, 3.05) is 13.2 Å². The molecule has 174 valence electrons. The molecular weight excluding hydrogens is 419 g/mol. The highest BCUT2D eigenvalue weighted by molar-refractivity contribution is 5.83. The standard InChI is InChI=1S/C27H31FN2O3/c28-22-10-3-9-21(17-22)20-8-1-5-18(15-20)16-24-23(29-26(31)25-11-4-14-33-25)12-13-30(24)27(32)19-6-2-7-19/h1,3,5,8-10,15,17,19,23-25H,2,4,6-7,11-14,16H2,(H,29,31)/t23-,24-,25+/m1/s1. The molecule has 0 unspecified atom stereocenters. The lowest BCUT2D eigenvalue weighted by Gasteiger charge is -2.34. The number of benzene rings is 2. The van der Waals surface area contributed by atoms with E-state index in [-0.39, 0.29) is 41.7 Å². The number of likely N-dealkylation sites (tertiary alicyclic amines) is 1. The number of hydrogen-bond acceptors (Lipinski definition) is 3. The van der Waals surface area contributed by atoms with Crippen LogP contribution in [0, 0.1) is 11.7 Å². The van der Waals surface area contributed by atoms with Crippen molar-refractivity contribution in [2.45, 2.75) is 63.1 Å². The molecule has 2 aromatic rings. The van der Waals surface area contributed by atoms with Crippen LogP contribution in [0.2, 0.25) is 0 Å². The number of ether oxygens (including phenoxy) is 1. The number of halogens is 1. The molecule has 2 aliphatic heterocycles. The fourth-order valence-electron chi connectivity index (χ4n) is 5.29. The van der Waals surface area contributed by atoms with Crippen molar-refractivity contribution in [3.05, 3.63) is 59.9 Å². The first kappa shape index (κ1) is 22.1. The number of hydrogen-bond donors (Lipinski definition) is 1. The molecule has 0 spiro atoms. The molecule has 5 nitrogen and oxygen atoms in total. The molecule has 2 heterocycles. The fourth-order valence-corrected chi connectivity index (χ4v) is 5.29. The van der Waals surface area contributed by atoms with Crippen LogP contribution in [0.5, 0.6) is 0 Å². The molecule has 0 aromatic heterocycles. The van der Waals surface area contributed by atoms with E-state index in [4.69, 9.17) is 4.74 Å². The van der Waals surface area contributed by atoms with Gasteiger partial charge in [-0.1, -0.05) is 42.8 Å². The van der Waals surface area contributed by atoms with E-state index < -0.39 is 0 Å². The Kier molecular flexibility index (Phi) is 6.45. The molecule has 1 saturated carbocycles. The zero-order valence-corrected chi connectivity index (χ0v) is 18.8. The van der Waals surface area contributed by atoms with Gasteiger partial charge in [0.25, 0.3) is 0 Å². The largest absolute Gasteiger partial charge is 0.368 e. The van der Waals surface area contributed by atoms with Crippen molar-refractivity contribution in [1.82, 2.24) is 10.2 Å². The van der Waals surface area contributed by atoms with Crippen molar-refractivity contribution < 1.29 is 18.7 Å². The SMILES string of the molecule is O=C(N[C@@H]1CCN(C(=O)C2CCC2)[C@@H]1Cc1cccc(-c2cccc(F)c2)c1)[C@@H]1CCCO1. The molecule has 2 aromatic carbocycles. The Bertz CT molecular complexity index is 1020.